The molecule has 0 aliphatic rings. The first-order chi connectivity index (χ1) is 8.60. The quantitative estimate of drug-likeness (QED) is 0.841. The van der Waals surface area contributed by atoms with Crippen LogP contribution in [0.4, 0.5) is 4.39 Å². The van der Waals surface area contributed by atoms with E-state index in [0.29, 0.717) is 22.5 Å². The molecule has 18 heavy (non-hydrogen) atoms. The Morgan fingerprint density at radius 2 is 1.89 bits per heavy atom. The van der Waals surface area contributed by atoms with E-state index in [-0.39, 0.29) is 5.02 Å². The smallest absolute Gasteiger partial charge is 0.145 e. The van der Waals surface area contributed by atoms with E-state index < -0.39 is 5.82 Å². The summed E-state index contributed by atoms with van der Waals surface area (Å²) in [6.07, 6.45) is 0. The van der Waals surface area contributed by atoms with Crippen LogP contribution in [-0.2, 0) is 6.54 Å². The first-order valence-electron chi connectivity index (χ1n) is 5.21. The van der Waals surface area contributed by atoms with Crippen LogP contribution in [0.15, 0.2) is 40.9 Å². The minimum atomic E-state index is -0.520. The van der Waals surface area contributed by atoms with Crippen LogP contribution >= 0.6 is 27.5 Å². The minimum Gasteiger partial charge on any atom is -0.456 e. The summed E-state index contributed by atoms with van der Waals surface area (Å²) in [5.74, 6) is 0.459. The zero-order chi connectivity index (χ0) is 13.1. The summed E-state index contributed by atoms with van der Waals surface area (Å²) in [7, 11) is 0. The molecule has 0 amide bonds. The van der Waals surface area contributed by atoms with Gasteiger partial charge < -0.3 is 10.5 Å². The zero-order valence-corrected chi connectivity index (χ0v) is 11.6. The van der Waals surface area contributed by atoms with E-state index in [2.05, 4.69) is 15.9 Å². The molecule has 0 saturated carbocycles. The van der Waals surface area contributed by atoms with Crippen molar-refractivity contribution in [3.05, 3.63) is 57.3 Å². The number of hydrogen-bond acceptors (Lipinski definition) is 2. The first-order valence-corrected chi connectivity index (χ1v) is 6.38. The van der Waals surface area contributed by atoms with Crippen LogP contribution in [0.5, 0.6) is 11.5 Å². The molecule has 2 aromatic rings. The van der Waals surface area contributed by atoms with E-state index in [1.807, 2.05) is 12.1 Å². The number of benzene rings is 2. The second-order valence-corrected chi connectivity index (χ2v) is 4.91. The Morgan fingerprint density at radius 3 is 2.50 bits per heavy atom. The van der Waals surface area contributed by atoms with Crippen LogP contribution in [-0.4, -0.2) is 0 Å². The molecule has 5 heteroatoms. The van der Waals surface area contributed by atoms with Gasteiger partial charge in [0.15, 0.2) is 0 Å². The highest BCUT2D eigenvalue weighted by atomic mass is 79.9. The molecular formula is C13H10BrClFNO. The van der Waals surface area contributed by atoms with Gasteiger partial charge in [0.05, 0.1) is 9.50 Å². The van der Waals surface area contributed by atoms with E-state index >= 15 is 0 Å². The van der Waals surface area contributed by atoms with Gasteiger partial charge in [-0.25, -0.2) is 4.39 Å². The number of halogens is 3. The van der Waals surface area contributed by atoms with E-state index in [0.717, 1.165) is 5.56 Å². The monoisotopic (exact) mass is 329 g/mol. The van der Waals surface area contributed by atoms with Crippen LogP contribution < -0.4 is 10.5 Å². The fourth-order valence-corrected chi connectivity index (χ4v) is 2.12. The van der Waals surface area contributed by atoms with Crippen molar-refractivity contribution in [3.8, 4) is 11.5 Å². The number of nitrogens with two attached hydrogens (primary N) is 1. The van der Waals surface area contributed by atoms with Crippen molar-refractivity contribution in [2.45, 2.75) is 6.54 Å². The average molecular weight is 331 g/mol. The maximum atomic E-state index is 13.3. The van der Waals surface area contributed by atoms with Gasteiger partial charge in [-0.05, 0) is 39.7 Å². The molecule has 0 aliphatic heterocycles. The molecular weight excluding hydrogens is 321 g/mol. The second-order valence-electron chi connectivity index (χ2n) is 3.65. The predicted molar refractivity (Wildman–Crippen MR) is 73.5 cm³/mol. The Labute approximate surface area is 118 Å². The van der Waals surface area contributed by atoms with Gasteiger partial charge in [0.25, 0.3) is 0 Å². The normalized spacial score (nSPS) is 10.4. The molecule has 0 aromatic heterocycles. The summed E-state index contributed by atoms with van der Waals surface area (Å²) < 4.78 is 19.5. The Kier molecular flexibility index (Phi) is 4.22. The molecule has 0 radical (unpaired) electrons. The highest BCUT2D eigenvalue weighted by Gasteiger charge is 2.08. The summed E-state index contributed by atoms with van der Waals surface area (Å²) >= 11 is 8.92. The number of hydrogen-bond donors (Lipinski definition) is 1. The molecule has 2 N–H and O–H groups in total. The Balaban J connectivity index is 2.25. The first kappa shape index (κ1) is 13.3. The lowest BCUT2D eigenvalue weighted by Gasteiger charge is -2.09. The van der Waals surface area contributed by atoms with Gasteiger partial charge in [0.1, 0.15) is 17.3 Å². The van der Waals surface area contributed by atoms with Crippen molar-refractivity contribution in [1.82, 2.24) is 0 Å². The lowest BCUT2D eigenvalue weighted by Crippen LogP contribution is -1.95. The minimum absolute atomic E-state index is 0.0488. The fourth-order valence-electron chi connectivity index (χ4n) is 1.40. The standard InChI is InChI=1S/C13H10BrClFNO/c14-10-5-11(15)12(16)6-13(10)18-9-3-1-8(7-17)2-4-9/h1-6H,7,17H2. The van der Waals surface area contributed by atoms with Gasteiger partial charge in [-0.15, -0.1) is 0 Å². The number of ether oxygens (including phenoxy) is 1. The lowest BCUT2D eigenvalue weighted by atomic mass is 10.2. The Morgan fingerprint density at radius 1 is 1.22 bits per heavy atom. The van der Waals surface area contributed by atoms with Gasteiger partial charge in [-0.1, -0.05) is 23.7 Å². The molecule has 0 saturated heterocycles. The zero-order valence-electron chi connectivity index (χ0n) is 9.29. The van der Waals surface area contributed by atoms with Gasteiger partial charge in [0.2, 0.25) is 0 Å². The van der Waals surface area contributed by atoms with E-state index in [1.54, 1.807) is 12.1 Å². The lowest BCUT2D eigenvalue weighted by molar-refractivity contribution is 0.473. The van der Waals surface area contributed by atoms with E-state index in [4.69, 9.17) is 22.1 Å². The summed E-state index contributed by atoms with van der Waals surface area (Å²) in [4.78, 5) is 0. The van der Waals surface area contributed by atoms with Crippen LogP contribution in [0.2, 0.25) is 5.02 Å². The molecule has 0 bridgehead atoms. The maximum Gasteiger partial charge on any atom is 0.145 e. The van der Waals surface area contributed by atoms with Crippen molar-refractivity contribution in [1.29, 1.82) is 0 Å². The molecule has 2 aromatic carbocycles. The second kappa shape index (κ2) is 5.69. The third-order valence-corrected chi connectivity index (χ3v) is 3.27. The molecule has 0 atom stereocenters. The van der Waals surface area contributed by atoms with E-state index in [9.17, 15) is 4.39 Å². The van der Waals surface area contributed by atoms with Crippen molar-refractivity contribution < 1.29 is 9.13 Å². The van der Waals surface area contributed by atoms with E-state index in [1.165, 1.54) is 12.1 Å². The van der Waals surface area contributed by atoms with Gasteiger partial charge >= 0.3 is 0 Å². The largest absolute Gasteiger partial charge is 0.456 e. The SMILES string of the molecule is NCc1ccc(Oc2cc(F)c(Cl)cc2Br)cc1. The molecule has 0 aliphatic carbocycles. The molecule has 0 heterocycles. The Hall–Kier alpha value is -1.10. The van der Waals surface area contributed by atoms with Crippen LogP contribution in [0.3, 0.4) is 0 Å². The Bertz CT molecular complexity index is 560. The van der Waals surface area contributed by atoms with Gasteiger partial charge in [-0.2, -0.15) is 0 Å². The molecule has 0 fully saturated rings. The molecule has 94 valence electrons. The summed E-state index contributed by atoms with van der Waals surface area (Å²) in [6.45, 7) is 0.472. The van der Waals surface area contributed by atoms with Gasteiger partial charge in [0, 0.05) is 12.6 Å². The number of rotatable bonds is 3. The van der Waals surface area contributed by atoms with Crippen molar-refractivity contribution >= 4 is 27.5 Å². The summed E-state index contributed by atoms with van der Waals surface area (Å²) in [6, 6.07) is 9.97. The van der Waals surface area contributed by atoms with Crippen molar-refractivity contribution in [2.75, 3.05) is 0 Å². The average Bonchev–Trinajstić information content (AvgIpc) is 2.37. The highest BCUT2D eigenvalue weighted by Crippen LogP contribution is 2.33. The summed E-state index contributed by atoms with van der Waals surface area (Å²) in [5, 5.41) is 0.0488. The van der Waals surface area contributed by atoms with Gasteiger partial charge in [-0.3, -0.25) is 0 Å². The maximum absolute atomic E-state index is 13.3. The fraction of sp³-hybridized carbons (Fsp3) is 0.0769. The molecule has 0 spiro atoms. The molecule has 2 rings (SSSR count). The predicted octanol–water partition coefficient (Wildman–Crippen LogP) is 4.49. The third kappa shape index (κ3) is 3.02. The van der Waals surface area contributed by atoms with Crippen LogP contribution in [0.25, 0.3) is 0 Å². The third-order valence-electron chi connectivity index (χ3n) is 2.36. The highest BCUT2D eigenvalue weighted by molar-refractivity contribution is 9.10. The van der Waals surface area contributed by atoms with Crippen molar-refractivity contribution in [2.24, 2.45) is 5.73 Å². The molecule has 2 nitrogen and oxygen atoms in total. The van der Waals surface area contributed by atoms with Crippen molar-refractivity contribution in [3.63, 3.8) is 0 Å². The van der Waals surface area contributed by atoms with Crippen LogP contribution in [0, 0.1) is 5.82 Å². The molecule has 0 unspecified atom stereocenters. The summed E-state index contributed by atoms with van der Waals surface area (Å²) in [5.41, 5.74) is 6.50. The topological polar surface area (TPSA) is 35.2 Å². The van der Waals surface area contributed by atoms with Crippen LogP contribution in [0.1, 0.15) is 5.56 Å².